The Labute approximate surface area is 148 Å². The molecule has 5 heteroatoms. The highest BCUT2D eigenvalue weighted by molar-refractivity contribution is 5.73. The lowest BCUT2D eigenvalue weighted by Crippen LogP contribution is -2.16. The summed E-state index contributed by atoms with van der Waals surface area (Å²) >= 11 is 0. The quantitative estimate of drug-likeness (QED) is 0.836. The third-order valence-corrected chi connectivity index (χ3v) is 4.48. The topological polar surface area (TPSA) is 49.0 Å². The second kappa shape index (κ2) is 8.23. The van der Waals surface area contributed by atoms with E-state index in [4.69, 9.17) is 18.9 Å². The first kappa shape index (κ1) is 17.6. The minimum Gasteiger partial charge on any atom is -0.493 e. The number of nitrogens with one attached hydrogen (secondary N) is 1. The fourth-order valence-electron chi connectivity index (χ4n) is 3.14. The second-order valence-electron chi connectivity index (χ2n) is 6.00. The Morgan fingerprint density at radius 1 is 1.00 bits per heavy atom. The number of rotatable bonds is 7. The molecule has 0 spiro atoms. The SMILES string of the molecule is COc1cc(-c2ccccc2CO[C@H]2CCNC2)cc(OC)c1OC. The monoisotopic (exact) mass is 343 g/mol. The van der Waals surface area contributed by atoms with E-state index in [1.807, 2.05) is 24.3 Å². The predicted molar refractivity (Wildman–Crippen MR) is 97.6 cm³/mol. The molecule has 0 bridgehead atoms. The van der Waals surface area contributed by atoms with Crippen LogP contribution in [0.1, 0.15) is 12.0 Å². The van der Waals surface area contributed by atoms with Gasteiger partial charge >= 0.3 is 0 Å². The molecule has 0 aliphatic carbocycles. The summed E-state index contributed by atoms with van der Waals surface area (Å²) in [6.45, 7) is 2.53. The summed E-state index contributed by atoms with van der Waals surface area (Å²) in [4.78, 5) is 0. The average Bonchev–Trinajstić information content (AvgIpc) is 3.19. The van der Waals surface area contributed by atoms with Crippen molar-refractivity contribution in [1.82, 2.24) is 5.32 Å². The van der Waals surface area contributed by atoms with E-state index in [2.05, 4.69) is 17.4 Å². The van der Waals surface area contributed by atoms with Crippen molar-refractivity contribution in [2.75, 3.05) is 34.4 Å². The van der Waals surface area contributed by atoms with Gasteiger partial charge in [0.25, 0.3) is 0 Å². The summed E-state index contributed by atoms with van der Waals surface area (Å²) in [6.07, 6.45) is 1.35. The van der Waals surface area contributed by atoms with Crippen molar-refractivity contribution in [3.63, 3.8) is 0 Å². The smallest absolute Gasteiger partial charge is 0.203 e. The molecule has 0 amide bonds. The van der Waals surface area contributed by atoms with E-state index in [1.165, 1.54) is 0 Å². The van der Waals surface area contributed by atoms with Crippen molar-refractivity contribution in [3.8, 4) is 28.4 Å². The van der Waals surface area contributed by atoms with Crippen molar-refractivity contribution in [2.45, 2.75) is 19.1 Å². The van der Waals surface area contributed by atoms with Crippen molar-refractivity contribution in [1.29, 1.82) is 0 Å². The van der Waals surface area contributed by atoms with Gasteiger partial charge in [0.05, 0.1) is 34.0 Å². The van der Waals surface area contributed by atoms with Crippen LogP contribution in [0.4, 0.5) is 0 Å². The lowest BCUT2D eigenvalue weighted by molar-refractivity contribution is 0.0545. The Morgan fingerprint density at radius 2 is 1.72 bits per heavy atom. The van der Waals surface area contributed by atoms with Crippen LogP contribution in [-0.2, 0) is 11.3 Å². The molecule has 2 aromatic carbocycles. The van der Waals surface area contributed by atoms with E-state index in [0.717, 1.165) is 36.2 Å². The fourth-order valence-corrected chi connectivity index (χ4v) is 3.14. The Morgan fingerprint density at radius 3 is 2.32 bits per heavy atom. The molecule has 1 aliphatic rings. The highest BCUT2D eigenvalue weighted by Crippen LogP contribution is 2.41. The molecule has 1 N–H and O–H groups in total. The third kappa shape index (κ3) is 3.89. The van der Waals surface area contributed by atoms with Gasteiger partial charge in [-0.3, -0.25) is 0 Å². The Hall–Kier alpha value is -2.24. The highest BCUT2D eigenvalue weighted by Gasteiger charge is 2.18. The van der Waals surface area contributed by atoms with Crippen molar-refractivity contribution < 1.29 is 18.9 Å². The number of methoxy groups -OCH3 is 3. The maximum Gasteiger partial charge on any atom is 0.203 e. The lowest BCUT2D eigenvalue weighted by atomic mass is 9.99. The largest absolute Gasteiger partial charge is 0.493 e. The molecule has 0 unspecified atom stereocenters. The maximum absolute atomic E-state index is 6.06. The summed E-state index contributed by atoms with van der Waals surface area (Å²) in [7, 11) is 4.86. The van der Waals surface area contributed by atoms with Crippen LogP contribution in [0.3, 0.4) is 0 Å². The summed E-state index contributed by atoms with van der Waals surface area (Å²) < 4.78 is 22.4. The van der Waals surface area contributed by atoms with Crippen LogP contribution < -0.4 is 19.5 Å². The van der Waals surface area contributed by atoms with Gasteiger partial charge in [-0.2, -0.15) is 0 Å². The fraction of sp³-hybridized carbons (Fsp3) is 0.400. The van der Waals surface area contributed by atoms with Crippen molar-refractivity contribution in [3.05, 3.63) is 42.0 Å². The number of hydrogen-bond donors (Lipinski definition) is 1. The molecule has 1 atom stereocenters. The van der Waals surface area contributed by atoms with Crippen LogP contribution in [0.2, 0.25) is 0 Å². The number of benzene rings is 2. The molecular formula is C20H25NO4. The van der Waals surface area contributed by atoms with Gasteiger partial charge < -0.3 is 24.3 Å². The van der Waals surface area contributed by atoms with Crippen LogP contribution in [0.15, 0.2) is 36.4 Å². The summed E-state index contributed by atoms with van der Waals surface area (Å²) in [6, 6.07) is 12.2. The highest BCUT2D eigenvalue weighted by atomic mass is 16.5. The van der Waals surface area contributed by atoms with Gasteiger partial charge in [0, 0.05) is 6.54 Å². The molecule has 3 rings (SSSR count). The molecule has 1 saturated heterocycles. The zero-order valence-electron chi connectivity index (χ0n) is 15.0. The first-order valence-corrected chi connectivity index (χ1v) is 8.47. The van der Waals surface area contributed by atoms with E-state index in [1.54, 1.807) is 21.3 Å². The van der Waals surface area contributed by atoms with Gasteiger partial charge in [-0.05, 0) is 41.8 Å². The number of ether oxygens (including phenoxy) is 4. The average molecular weight is 343 g/mol. The molecule has 0 aromatic heterocycles. The normalized spacial score (nSPS) is 16.7. The number of hydrogen-bond acceptors (Lipinski definition) is 5. The molecule has 25 heavy (non-hydrogen) atoms. The van der Waals surface area contributed by atoms with Crippen LogP contribution in [0.5, 0.6) is 17.2 Å². The van der Waals surface area contributed by atoms with Gasteiger partial charge in [-0.25, -0.2) is 0 Å². The summed E-state index contributed by atoms with van der Waals surface area (Å²) in [5.74, 6) is 1.89. The maximum atomic E-state index is 6.06. The Bertz CT molecular complexity index is 686. The van der Waals surface area contributed by atoms with E-state index in [-0.39, 0.29) is 6.10 Å². The zero-order valence-corrected chi connectivity index (χ0v) is 15.0. The lowest BCUT2D eigenvalue weighted by Gasteiger charge is -2.17. The van der Waals surface area contributed by atoms with E-state index < -0.39 is 0 Å². The molecule has 0 radical (unpaired) electrons. The van der Waals surface area contributed by atoms with Crippen LogP contribution >= 0.6 is 0 Å². The van der Waals surface area contributed by atoms with Gasteiger partial charge in [-0.15, -0.1) is 0 Å². The third-order valence-electron chi connectivity index (χ3n) is 4.48. The molecule has 1 heterocycles. The van der Waals surface area contributed by atoms with Crippen molar-refractivity contribution in [2.24, 2.45) is 0 Å². The standard InChI is InChI=1S/C20H25NO4/c1-22-18-10-15(11-19(23-2)20(18)24-3)17-7-5-4-6-14(17)13-25-16-8-9-21-12-16/h4-7,10-11,16,21H,8-9,12-13H2,1-3H3/t16-/m0/s1. The molecule has 1 fully saturated rings. The minimum absolute atomic E-state index is 0.285. The first-order chi connectivity index (χ1) is 12.3. The minimum atomic E-state index is 0.285. The Kier molecular flexibility index (Phi) is 5.79. The summed E-state index contributed by atoms with van der Waals surface area (Å²) in [5, 5.41) is 3.33. The Balaban J connectivity index is 1.93. The predicted octanol–water partition coefficient (Wildman–Crippen LogP) is 3.26. The first-order valence-electron chi connectivity index (χ1n) is 8.47. The van der Waals surface area contributed by atoms with Crippen molar-refractivity contribution >= 4 is 0 Å². The van der Waals surface area contributed by atoms with E-state index in [9.17, 15) is 0 Å². The summed E-state index contributed by atoms with van der Waals surface area (Å²) in [5.41, 5.74) is 3.26. The molecular weight excluding hydrogens is 318 g/mol. The van der Waals surface area contributed by atoms with Crippen LogP contribution in [-0.4, -0.2) is 40.5 Å². The molecule has 134 valence electrons. The second-order valence-corrected chi connectivity index (χ2v) is 6.00. The van der Waals surface area contributed by atoms with E-state index in [0.29, 0.717) is 23.9 Å². The van der Waals surface area contributed by atoms with E-state index >= 15 is 0 Å². The van der Waals surface area contributed by atoms with Gasteiger partial charge in [0.15, 0.2) is 11.5 Å². The molecule has 0 saturated carbocycles. The molecule has 5 nitrogen and oxygen atoms in total. The van der Waals surface area contributed by atoms with Crippen LogP contribution in [0, 0.1) is 0 Å². The zero-order chi connectivity index (χ0) is 17.6. The van der Waals surface area contributed by atoms with Gasteiger partial charge in [-0.1, -0.05) is 24.3 Å². The van der Waals surface area contributed by atoms with Gasteiger partial charge in [0.1, 0.15) is 0 Å². The molecule has 1 aliphatic heterocycles. The molecule has 2 aromatic rings. The van der Waals surface area contributed by atoms with Gasteiger partial charge in [0.2, 0.25) is 5.75 Å². The van der Waals surface area contributed by atoms with Crippen LogP contribution in [0.25, 0.3) is 11.1 Å².